The Morgan fingerprint density at radius 2 is 1.06 bits per heavy atom. The molecule has 36 heavy (non-hydrogen) atoms. The highest BCUT2D eigenvalue weighted by molar-refractivity contribution is 5.82. The van der Waals surface area contributed by atoms with Gasteiger partial charge in [0.25, 0.3) is 0 Å². The summed E-state index contributed by atoms with van der Waals surface area (Å²) in [6.45, 7) is 12.5. The molecule has 3 aromatic rings. The lowest BCUT2D eigenvalue weighted by molar-refractivity contribution is 0.111. The SMILES string of the molecule is CC(C)(C)c1cc(C=O)c(O)c(OCc2cccc(COc3cc(C(C)(C)C)cc(C=O)c3O)c2)c1. The molecule has 0 heterocycles. The van der Waals surface area contributed by atoms with E-state index in [1.54, 1.807) is 24.3 Å². The maximum Gasteiger partial charge on any atom is 0.168 e. The largest absolute Gasteiger partial charge is 0.504 e. The summed E-state index contributed by atoms with van der Waals surface area (Å²) in [4.78, 5) is 22.9. The number of aldehydes is 2. The van der Waals surface area contributed by atoms with Gasteiger partial charge in [0, 0.05) is 0 Å². The van der Waals surface area contributed by atoms with Gasteiger partial charge in [-0.25, -0.2) is 0 Å². The van der Waals surface area contributed by atoms with Crippen LogP contribution in [0.3, 0.4) is 0 Å². The minimum atomic E-state index is -0.222. The Kier molecular flexibility index (Phi) is 7.77. The Morgan fingerprint density at radius 3 is 1.39 bits per heavy atom. The summed E-state index contributed by atoms with van der Waals surface area (Å²) in [5.41, 5.74) is 3.37. The van der Waals surface area contributed by atoms with Gasteiger partial charge < -0.3 is 19.7 Å². The van der Waals surface area contributed by atoms with Gasteiger partial charge in [-0.2, -0.15) is 0 Å². The smallest absolute Gasteiger partial charge is 0.168 e. The van der Waals surface area contributed by atoms with Crippen LogP contribution in [0.4, 0.5) is 0 Å². The van der Waals surface area contributed by atoms with E-state index in [-0.39, 0.29) is 58.2 Å². The molecule has 6 heteroatoms. The summed E-state index contributed by atoms with van der Waals surface area (Å²) in [5.74, 6) is 0.128. The zero-order valence-corrected chi connectivity index (χ0v) is 21.7. The van der Waals surface area contributed by atoms with Gasteiger partial charge in [-0.3, -0.25) is 9.59 Å². The number of phenols is 2. The Balaban J connectivity index is 1.78. The zero-order valence-electron chi connectivity index (χ0n) is 21.7. The molecule has 0 amide bonds. The topological polar surface area (TPSA) is 93.1 Å². The Hall–Kier alpha value is -3.80. The van der Waals surface area contributed by atoms with Gasteiger partial charge in [0.2, 0.25) is 0 Å². The maximum absolute atomic E-state index is 11.4. The average molecular weight is 491 g/mol. The Bertz CT molecular complexity index is 1170. The summed E-state index contributed by atoms with van der Waals surface area (Å²) in [5, 5.41) is 20.9. The Morgan fingerprint density at radius 1 is 0.667 bits per heavy atom. The van der Waals surface area contributed by atoms with E-state index in [1.165, 1.54) is 0 Å². The van der Waals surface area contributed by atoms with Gasteiger partial charge in [-0.15, -0.1) is 0 Å². The van der Waals surface area contributed by atoms with Gasteiger partial charge in [-0.1, -0.05) is 59.7 Å². The van der Waals surface area contributed by atoms with Crippen molar-refractivity contribution in [1.29, 1.82) is 0 Å². The molecule has 6 nitrogen and oxygen atoms in total. The molecule has 0 saturated heterocycles. The third-order valence-corrected chi connectivity index (χ3v) is 5.97. The van der Waals surface area contributed by atoms with E-state index in [1.807, 2.05) is 65.8 Å². The number of aromatic hydroxyl groups is 2. The lowest BCUT2D eigenvalue weighted by atomic mass is 9.86. The van der Waals surface area contributed by atoms with Crippen molar-refractivity contribution in [3.8, 4) is 23.0 Å². The van der Waals surface area contributed by atoms with Crippen LogP contribution in [0, 0.1) is 0 Å². The fourth-order valence-corrected chi connectivity index (χ4v) is 3.66. The predicted octanol–water partition coefficient (Wildman–Crippen LogP) is 6.48. The second-order valence-corrected chi connectivity index (χ2v) is 11.0. The monoisotopic (exact) mass is 490 g/mol. The third kappa shape index (κ3) is 6.25. The molecule has 0 bridgehead atoms. The van der Waals surface area contributed by atoms with Crippen LogP contribution in [-0.2, 0) is 24.0 Å². The fourth-order valence-electron chi connectivity index (χ4n) is 3.66. The van der Waals surface area contributed by atoms with E-state index in [0.717, 1.165) is 22.3 Å². The minimum absolute atomic E-state index is 0.174. The van der Waals surface area contributed by atoms with E-state index < -0.39 is 0 Å². The van der Waals surface area contributed by atoms with E-state index in [9.17, 15) is 19.8 Å². The van der Waals surface area contributed by atoms with E-state index in [0.29, 0.717) is 12.6 Å². The van der Waals surface area contributed by atoms with Crippen molar-refractivity contribution in [1.82, 2.24) is 0 Å². The summed E-state index contributed by atoms with van der Waals surface area (Å²) in [6, 6.07) is 14.4. The molecule has 0 atom stereocenters. The summed E-state index contributed by atoms with van der Waals surface area (Å²) in [6.07, 6.45) is 1.24. The normalized spacial score (nSPS) is 11.7. The van der Waals surface area contributed by atoms with E-state index in [2.05, 4.69) is 0 Å². The zero-order chi connectivity index (χ0) is 26.7. The van der Waals surface area contributed by atoms with Crippen LogP contribution in [0.15, 0.2) is 48.5 Å². The molecule has 3 aromatic carbocycles. The summed E-state index contributed by atoms with van der Waals surface area (Å²) < 4.78 is 11.8. The second-order valence-electron chi connectivity index (χ2n) is 11.0. The highest BCUT2D eigenvalue weighted by Crippen LogP contribution is 2.37. The molecule has 0 fully saturated rings. The van der Waals surface area contributed by atoms with Crippen molar-refractivity contribution in [2.75, 3.05) is 0 Å². The molecule has 0 aliphatic rings. The number of benzene rings is 3. The van der Waals surface area contributed by atoms with Crippen molar-refractivity contribution in [3.63, 3.8) is 0 Å². The Labute approximate surface area is 212 Å². The van der Waals surface area contributed by atoms with Gasteiger partial charge in [0.05, 0.1) is 11.1 Å². The summed E-state index contributed by atoms with van der Waals surface area (Å²) in [7, 11) is 0. The second kappa shape index (κ2) is 10.4. The fraction of sp³-hybridized carbons (Fsp3) is 0.333. The van der Waals surface area contributed by atoms with Gasteiger partial charge >= 0.3 is 0 Å². The van der Waals surface area contributed by atoms with Crippen LogP contribution >= 0.6 is 0 Å². The van der Waals surface area contributed by atoms with Crippen molar-refractivity contribution < 1.29 is 29.3 Å². The van der Waals surface area contributed by atoms with Crippen molar-refractivity contribution in [2.24, 2.45) is 0 Å². The molecular weight excluding hydrogens is 456 g/mol. The van der Waals surface area contributed by atoms with Crippen LogP contribution in [-0.4, -0.2) is 22.8 Å². The van der Waals surface area contributed by atoms with Crippen molar-refractivity contribution in [3.05, 3.63) is 81.9 Å². The minimum Gasteiger partial charge on any atom is -0.504 e. The molecule has 0 unspecified atom stereocenters. The molecule has 0 aliphatic carbocycles. The van der Waals surface area contributed by atoms with Crippen LogP contribution < -0.4 is 9.47 Å². The average Bonchev–Trinajstić information content (AvgIpc) is 2.81. The van der Waals surface area contributed by atoms with Crippen molar-refractivity contribution >= 4 is 12.6 Å². The molecule has 0 radical (unpaired) electrons. The molecule has 2 N–H and O–H groups in total. The third-order valence-electron chi connectivity index (χ3n) is 5.97. The molecule has 0 saturated carbocycles. The van der Waals surface area contributed by atoms with E-state index >= 15 is 0 Å². The number of hydrogen-bond acceptors (Lipinski definition) is 6. The van der Waals surface area contributed by atoms with Gasteiger partial charge in [0.1, 0.15) is 13.2 Å². The first-order valence-corrected chi connectivity index (χ1v) is 11.8. The number of hydrogen-bond donors (Lipinski definition) is 2. The highest BCUT2D eigenvalue weighted by Gasteiger charge is 2.21. The van der Waals surface area contributed by atoms with Crippen molar-refractivity contribution in [2.45, 2.75) is 65.6 Å². The first kappa shape index (κ1) is 26.8. The predicted molar refractivity (Wildman–Crippen MR) is 139 cm³/mol. The van der Waals surface area contributed by atoms with Crippen LogP contribution in [0.1, 0.15) is 84.5 Å². The standard InChI is InChI=1S/C30H34O6/c1-29(2,3)23-11-21(15-31)27(33)25(13-23)35-17-19-8-7-9-20(10-19)18-36-26-14-24(30(4,5)6)12-22(16-32)28(26)34/h7-16,33-34H,17-18H2,1-6H3. The maximum atomic E-state index is 11.4. The summed E-state index contributed by atoms with van der Waals surface area (Å²) >= 11 is 0. The molecule has 190 valence electrons. The van der Waals surface area contributed by atoms with E-state index in [4.69, 9.17) is 9.47 Å². The van der Waals surface area contributed by atoms with Gasteiger partial charge in [-0.05, 0) is 63.4 Å². The molecule has 0 aliphatic heterocycles. The molecule has 0 aromatic heterocycles. The van der Waals surface area contributed by atoms with Gasteiger partial charge in [0.15, 0.2) is 35.6 Å². The lowest BCUT2D eigenvalue weighted by Crippen LogP contribution is -2.12. The van der Waals surface area contributed by atoms with Crippen LogP contribution in [0.5, 0.6) is 23.0 Å². The highest BCUT2D eigenvalue weighted by atomic mass is 16.5. The lowest BCUT2D eigenvalue weighted by Gasteiger charge is -2.21. The number of phenolic OH excluding ortho intramolecular Hbond substituents is 2. The molecule has 0 spiro atoms. The molecule has 3 rings (SSSR count). The first-order valence-electron chi connectivity index (χ1n) is 11.8. The molecular formula is C30H34O6. The number of carbonyl (C=O) groups is 2. The quantitative estimate of drug-likeness (QED) is 0.351. The number of carbonyl (C=O) groups excluding carboxylic acids is 2. The first-order chi connectivity index (χ1) is 16.8. The van der Waals surface area contributed by atoms with Crippen LogP contribution in [0.25, 0.3) is 0 Å². The van der Waals surface area contributed by atoms with Crippen LogP contribution in [0.2, 0.25) is 0 Å². The number of ether oxygens (including phenoxy) is 2. The number of rotatable bonds is 8.